The third-order valence-corrected chi connectivity index (χ3v) is 4.98. The quantitative estimate of drug-likeness (QED) is 0.729. The fraction of sp³-hybridized carbons (Fsp3) is 0.857. The second-order valence-corrected chi connectivity index (χ2v) is 6.91. The van der Waals surface area contributed by atoms with Crippen molar-refractivity contribution < 1.29 is 14.7 Å². The summed E-state index contributed by atoms with van der Waals surface area (Å²) in [5.41, 5.74) is -0.480. The van der Waals surface area contributed by atoms with Gasteiger partial charge in [0.2, 0.25) is 0 Å². The van der Waals surface area contributed by atoms with E-state index in [1.54, 1.807) is 6.92 Å². The molecular weight excluding hydrogens is 244 g/mol. The molecule has 0 heterocycles. The van der Waals surface area contributed by atoms with E-state index in [9.17, 15) is 14.7 Å². The molecule has 0 saturated heterocycles. The van der Waals surface area contributed by atoms with Gasteiger partial charge in [0.1, 0.15) is 0 Å². The number of aliphatic carboxylic acids is 1. The zero-order chi connectivity index (χ0) is 14.3. The van der Waals surface area contributed by atoms with E-state index in [-0.39, 0.29) is 12.1 Å². The van der Waals surface area contributed by atoms with Crippen LogP contribution in [0, 0.1) is 16.7 Å². The monoisotopic (exact) mass is 268 g/mol. The highest BCUT2D eigenvalue weighted by molar-refractivity contribution is 5.79. The molecule has 108 valence electrons. The number of hydrogen-bond acceptors (Lipinski definition) is 2. The SMILES string of the molecule is CC1(C)CC1CNC(=O)NC1CCCC1(C)C(=O)O. The molecule has 0 bridgehead atoms. The molecule has 2 amide bonds. The van der Waals surface area contributed by atoms with E-state index in [0.717, 1.165) is 19.3 Å². The van der Waals surface area contributed by atoms with E-state index in [1.165, 1.54) is 0 Å². The lowest BCUT2D eigenvalue weighted by Gasteiger charge is -2.27. The predicted molar refractivity (Wildman–Crippen MR) is 71.8 cm³/mol. The molecule has 0 aromatic carbocycles. The third kappa shape index (κ3) is 2.85. The number of carbonyl (C=O) groups excluding carboxylic acids is 1. The predicted octanol–water partition coefficient (Wildman–Crippen LogP) is 1.98. The third-order valence-electron chi connectivity index (χ3n) is 4.98. The molecule has 5 heteroatoms. The molecule has 2 rings (SSSR count). The van der Waals surface area contributed by atoms with Gasteiger partial charge in [-0.15, -0.1) is 0 Å². The smallest absolute Gasteiger partial charge is 0.315 e. The Morgan fingerprint density at radius 1 is 1.32 bits per heavy atom. The van der Waals surface area contributed by atoms with Crippen LogP contribution in [0.4, 0.5) is 4.79 Å². The summed E-state index contributed by atoms with van der Waals surface area (Å²) in [5.74, 6) is -0.272. The summed E-state index contributed by atoms with van der Waals surface area (Å²) in [6.45, 7) is 6.78. The molecule has 3 unspecified atom stereocenters. The molecule has 2 saturated carbocycles. The van der Waals surface area contributed by atoms with Crippen LogP contribution in [-0.4, -0.2) is 29.7 Å². The minimum atomic E-state index is -0.823. The van der Waals surface area contributed by atoms with Gasteiger partial charge in [0.25, 0.3) is 0 Å². The van der Waals surface area contributed by atoms with Gasteiger partial charge >= 0.3 is 12.0 Å². The summed E-state index contributed by atoms with van der Waals surface area (Å²) in [5, 5.41) is 15.0. The minimum absolute atomic E-state index is 0.234. The van der Waals surface area contributed by atoms with Crippen molar-refractivity contribution in [3.05, 3.63) is 0 Å². The molecular formula is C14H24N2O3. The molecule has 2 fully saturated rings. The van der Waals surface area contributed by atoms with Crippen molar-refractivity contribution in [2.45, 2.75) is 52.5 Å². The summed E-state index contributed by atoms with van der Waals surface area (Å²) >= 11 is 0. The maximum Gasteiger partial charge on any atom is 0.315 e. The van der Waals surface area contributed by atoms with Crippen LogP contribution in [0.1, 0.15) is 46.5 Å². The van der Waals surface area contributed by atoms with Crippen molar-refractivity contribution in [2.24, 2.45) is 16.7 Å². The topological polar surface area (TPSA) is 78.4 Å². The highest BCUT2D eigenvalue weighted by Gasteiger charge is 2.47. The van der Waals surface area contributed by atoms with Crippen LogP contribution in [0.15, 0.2) is 0 Å². The summed E-state index contributed by atoms with van der Waals surface area (Å²) in [4.78, 5) is 23.1. The maximum atomic E-state index is 11.8. The Bertz CT molecular complexity index is 394. The Hall–Kier alpha value is -1.26. The van der Waals surface area contributed by atoms with Gasteiger partial charge in [-0.1, -0.05) is 20.3 Å². The van der Waals surface area contributed by atoms with Gasteiger partial charge < -0.3 is 15.7 Å². The van der Waals surface area contributed by atoms with Crippen molar-refractivity contribution in [3.8, 4) is 0 Å². The second kappa shape index (κ2) is 4.69. The first-order valence-electron chi connectivity index (χ1n) is 7.03. The number of hydrogen-bond donors (Lipinski definition) is 3. The van der Waals surface area contributed by atoms with Crippen LogP contribution >= 0.6 is 0 Å². The number of carboxylic acids is 1. The molecule has 19 heavy (non-hydrogen) atoms. The molecule has 0 radical (unpaired) electrons. The number of urea groups is 1. The highest BCUT2D eigenvalue weighted by atomic mass is 16.4. The standard InChI is InChI=1S/C14H24N2O3/c1-13(2)7-9(13)8-15-12(19)16-10-5-4-6-14(10,3)11(17)18/h9-10H,4-8H2,1-3H3,(H,17,18)(H2,15,16,19). The van der Waals surface area contributed by atoms with Gasteiger partial charge in [-0.05, 0) is 37.5 Å². The van der Waals surface area contributed by atoms with Gasteiger partial charge in [0.05, 0.1) is 5.41 Å². The summed E-state index contributed by atoms with van der Waals surface area (Å²) < 4.78 is 0. The first-order chi connectivity index (χ1) is 8.75. The molecule has 2 aliphatic rings. The van der Waals surface area contributed by atoms with E-state index < -0.39 is 11.4 Å². The normalized spacial score (nSPS) is 35.7. The van der Waals surface area contributed by atoms with Crippen molar-refractivity contribution in [1.29, 1.82) is 0 Å². The lowest BCUT2D eigenvalue weighted by molar-refractivity contribution is -0.148. The van der Waals surface area contributed by atoms with Crippen LogP contribution in [-0.2, 0) is 4.79 Å². The maximum absolute atomic E-state index is 11.8. The van der Waals surface area contributed by atoms with E-state index in [4.69, 9.17) is 0 Å². The average molecular weight is 268 g/mol. The Balaban J connectivity index is 1.80. The van der Waals surface area contributed by atoms with E-state index in [2.05, 4.69) is 24.5 Å². The fourth-order valence-electron chi connectivity index (χ4n) is 3.00. The van der Waals surface area contributed by atoms with E-state index >= 15 is 0 Å². The molecule has 0 spiro atoms. The fourth-order valence-corrected chi connectivity index (χ4v) is 3.00. The van der Waals surface area contributed by atoms with E-state index in [0.29, 0.717) is 24.3 Å². The van der Waals surface area contributed by atoms with Crippen LogP contribution in [0.3, 0.4) is 0 Å². The van der Waals surface area contributed by atoms with Gasteiger partial charge in [-0.2, -0.15) is 0 Å². The molecule has 0 aromatic rings. The molecule has 0 aromatic heterocycles. The first kappa shape index (κ1) is 14.2. The second-order valence-electron chi connectivity index (χ2n) is 6.91. The molecule has 3 N–H and O–H groups in total. The largest absolute Gasteiger partial charge is 0.481 e. The Morgan fingerprint density at radius 2 is 1.95 bits per heavy atom. The Kier molecular flexibility index (Phi) is 3.49. The lowest BCUT2D eigenvalue weighted by atomic mass is 9.85. The molecule has 2 aliphatic carbocycles. The Labute approximate surface area is 114 Å². The van der Waals surface area contributed by atoms with Gasteiger partial charge in [-0.25, -0.2) is 4.79 Å². The summed E-state index contributed by atoms with van der Waals surface area (Å²) in [6, 6.07) is -0.501. The van der Waals surface area contributed by atoms with Crippen LogP contribution in [0.25, 0.3) is 0 Å². The zero-order valence-corrected chi connectivity index (χ0v) is 12.0. The van der Waals surface area contributed by atoms with Crippen molar-refractivity contribution in [3.63, 3.8) is 0 Å². The highest BCUT2D eigenvalue weighted by Crippen LogP contribution is 2.50. The Morgan fingerprint density at radius 3 is 2.47 bits per heavy atom. The zero-order valence-electron chi connectivity index (χ0n) is 12.0. The molecule has 5 nitrogen and oxygen atoms in total. The molecule has 3 atom stereocenters. The summed E-state index contributed by atoms with van der Waals surface area (Å²) in [6.07, 6.45) is 3.36. The lowest BCUT2D eigenvalue weighted by Crippen LogP contribution is -2.50. The minimum Gasteiger partial charge on any atom is -0.481 e. The molecule has 0 aliphatic heterocycles. The van der Waals surface area contributed by atoms with Gasteiger partial charge in [0.15, 0.2) is 0 Å². The van der Waals surface area contributed by atoms with Crippen molar-refractivity contribution in [2.75, 3.05) is 6.54 Å². The number of carbonyl (C=O) groups is 2. The van der Waals surface area contributed by atoms with Crippen LogP contribution < -0.4 is 10.6 Å². The van der Waals surface area contributed by atoms with Crippen molar-refractivity contribution in [1.82, 2.24) is 10.6 Å². The van der Waals surface area contributed by atoms with Crippen LogP contribution in [0.2, 0.25) is 0 Å². The van der Waals surface area contributed by atoms with Gasteiger partial charge in [0, 0.05) is 12.6 Å². The summed E-state index contributed by atoms with van der Waals surface area (Å²) in [7, 11) is 0. The van der Waals surface area contributed by atoms with Gasteiger partial charge in [-0.3, -0.25) is 4.79 Å². The number of rotatable bonds is 4. The number of amides is 2. The average Bonchev–Trinajstić information content (AvgIpc) is 2.74. The van der Waals surface area contributed by atoms with Crippen LogP contribution in [0.5, 0.6) is 0 Å². The van der Waals surface area contributed by atoms with Crippen molar-refractivity contribution >= 4 is 12.0 Å². The number of carboxylic acid groups (broad SMARTS) is 1. The first-order valence-corrected chi connectivity index (χ1v) is 7.03. The van der Waals surface area contributed by atoms with E-state index in [1.807, 2.05) is 0 Å². The number of nitrogens with one attached hydrogen (secondary N) is 2.